The number of ether oxygens (including phenoxy) is 2. The van der Waals surface area contributed by atoms with Gasteiger partial charge in [-0.2, -0.15) is 0 Å². The number of amides is 1. The van der Waals surface area contributed by atoms with E-state index in [1.807, 2.05) is 19.1 Å². The fourth-order valence-corrected chi connectivity index (χ4v) is 5.04. The maximum atomic E-state index is 12.5. The fraction of sp³-hybridized carbons (Fsp3) is 0.409. The predicted molar refractivity (Wildman–Crippen MR) is 113 cm³/mol. The zero-order valence-electron chi connectivity index (χ0n) is 16.3. The number of carbonyl (C=O) groups is 1. The van der Waals surface area contributed by atoms with Gasteiger partial charge in [-0.3, -0.25) is 4.79 Å². The predicted octanol–water partition coefficient (Wildman–Crippen LogP) is 3.41. The normalized spacial score (nSPS) is 12.1. The molecule has 0 aromatic heterocycles. The van der Waals surface area contributed by atoms with E-state index in [4.69, 9.17) is 9.47 Å². The summed E-state index contributed by atoms with van der Waals surface area (Å²) in [5, 5.41) is 5.70. The van der Waals surface area contributed by atoms with E-state index in [1.165, 1.54) is 10.6 Å². The molecule has 0 radical (unpaired) electrons. The Bertz CT molecular complexity index is 612. The highest BCUT2D eigenvalue weighted by Gasteiger charge is 2.17. The minimum Gasteiger partial charge on any atom is -0.356 e. The fourth-order valence-electron chi connectivity index (χ4n) is 2.73. The summed E-state index contributed by atoms with van der Waals surface area (Å²) in [6, 6.07) is 21.0. The lowest BCUT2D eigenvalue weighted by atomic mass is 10.2. The molecule has 2 aromatic carbocycles. The molecule has 2 aromatic rings. The molecular weight excluding hydrogens is 357 g/mol. The number of rotatable bonds is 12. The van der Waals surface area contributed by atoms with Crippen LogP contribution in [0.4, 0.5) is 0 Å². The van der Waals surface area contributed by atoms with Gasteiger partial charge in [-0.05, 0) is 38.0 Å². The van der Waals surface area contributed by atoms with Crippen LogP contribution in [0.5, 0.6) is 0 Å². The lowest BCUT2D eigenvalue weighted by Gasteiger charge is -2.20. The Kier molecular flexibility index (Phi) is 10.1. The van der Waals surface area contributed by atoms with Crippen molar-refractivity contribution in [2.75, 3.05) is 26.2 Å². The van der Waals surface area contributed by atoms with Gasteiger partial charge < -0.3 is 14.8 Å². The Morgan fingerprint density at radius 2 is 1.56 bits per heavy atom. The first-order valence-corrected chi connectivity index (χ1v) is 11.1. The molecule has 0 saturated heterocycles. The first kappa shape index (κ1) is 21.6. The second-order valence-electron chi connectivity index (χ2n) is 6.23. The first-order chi connectivity index (χ1) is 13.2. The van der Waals surface area contributed by atoms with Crippen molar-refractivity contribution >= 4 is 24.4 Å². The van der Waals surface area contributed by atoms with E-state index in [9.17, 15) is 4.79 Å². The van der Waals surface area contributed by atoms with Crippen molar-refractivity contribution in [3.05, 3.63) is 60.7 Å². The van der Waals surface area contributed by atoms with Crippen molar-refractivity contribution in [2.24, 2.45) is 0 Å². The summed E-state index contributed by atoms with van der Waals surface area (Å²) in [5.74, 6) is 0.0845. The Morgan fingerprint density at radius 1 is 0.963 bits per heavy atom. The van der Waals surface area contributed by atoms with E-state index in [1.54, 1.807) is 0 Å². The molecule has 2 rings (SSSR count). The van der Waals surface area contributed by atoms with Gasteiger partial charge in [0.2, 0.25) is 5.91 Å². The molecule has 0 spiro atoms. The molecular formula is C22H30NO3P. The molecule has 0 aliphatic heterocycles. The van der Waals surface area contributed by atoms with Crippen molar-refractivity contribution < 1.29 is 14.3 Å². The molecule has 1 amide bonds. The molecule has 1 N–H and O–H groups in total. The van der Waals surface area contributed by atoms with Gasteiger partial charge in [-0.25, -0.2) is 0 Å². The van der Waals surface area contributed by atoms with Crippen LogP contribution in [0.3, 0.4) is 0 Å². The van der Waals surface area contributed by atoms with Crippen LogP contribution in [-0.2, 0) is 14.3 Å². The lowest BCUT2D eigenvalue weighted by molar-refractivity contribution is -0.122. The topological polar surface area (TPSA) is 47.6 Å². The number of hydrogen-bond donors (Lipinski definition) is 1. The van der Waals surface area contributed by atoms with Crippen molar-refractivity contribution in [3.8, 4) is 0 Å². The maximum absolute atomic E-state index is 12.5. The monoisotopic (exact) mass is 387 g/mol. The van der Waals surface area contributed by atoms with Gasteiger partial charge in [0.15, 0.2) is 0 Å². The second kappa shape index (κ2) is 12.6. The summed E-state index contributed by atoms with van der Waals surface area (Å²) in [6.07, 6.45) is 2.19. The lowest BCUT2D eigenvalue weighted by Crippen LogP contribution is -2.38. The zero-order chi connectivity index (χ0) is 19.3. The molecule has 0 saturated carbocycles. The van der Waals surface area contributed by atoms with Gasteiger partial charge >= 0.3 is 0 Å². The highest BCUT2D eigenvalue weighted by Crippen LogP contribution is 2.34. The summed E-state index contributed by atoms with van der Waals surface area (Å²) < 4.78 is 10.6. The molecule has 0 bridgehead atoms. The van der Waals surface area contributed by atoms with Crippen LogP contribution in [0.1, 0.15) is 26.7 Å². The summed E-state index contributed by atoms with van der Waals surface area (Å²) in [5.41, 5.74) is 0. The van der Waals surface area contributed by atoms with Gasteiger partial charge in [0.1, 0.15) is 6.79 Å². The van der Waals surface area contributed by atoms with Gasteiger partial charge in [0.05, 0.1) is 12.6 Å². The van der Waals surface area contributed by atoms with E-state index in [0.717, 1.165) is 12.6 Å². The molecule has 0 unspecified atom stereocenters. The Balaban J connectivity index is 1.91. The summed E-state index contributed by atoms with van der Waals surface area (Å²) in [4.78, 5) is 12.5. The Morgan fingerprint density at radius 3 is 2.07 bits per heavy atom. The van der Waals surface area contributed by atoms with E-state index in [-0.39, 0.29) is 18.7 Å². The number of nitrogens with one attached hydrogen (secondary N) is 1. The van der Waals surface area contributed by atoms with Gasteiger partial charge in [0, 0.05) is 13.0 Å². The van der Waals surface area contributed by atoms with Gasteiger partial charge in [-0.15, -0.1) is 0 Å². The molecule has 1 atom stereocenters. The SMILES string of the molecule is CCOCOC[C@@H](CC)NC(=O)CCP(c1ccccc1)c1ccccc1. The largest absolute Gasteiger partial charge is 0.356 e. The van der Waals surface area contributed by atoms with Gasteiger partial charge in [0.25, 0.3) is 0 Å². The van der Waals surface area contributed by atoms with Crippen LogP contribution in [0.25, 0.3) is 0 Å². The average Bonchev–Trinajstić information content (AvgIpc) is 2.72. The van der Waals surface area contributed by atoms with Crippen LogP contribution < -0.4 is 15.9 Å². The third kappa shape index (κ3) is 7.80. The molecule has 4 nitrogen and oxygen atoms in total. The zero-order valence-corrected chi connectivity index (χ0v) is 17.2. The minimum atomic E-state index is -0.541. The van der Waals surface area contributed by atoms with Crippen molar-refractivity contribution in [1.82, 2.24) is 5.32 Å². The van der Waals surface area contributed by atoms with E-state index < -0.39 is 7.92 Å². The molecule has 0 fully saturated rings. The first-order valence-electron chi connectivity index (χ1n) is 9.57. The highest BCUT2D eigenvalue weighted by molar-refractivity contribution is 7.73. The third-order valence-corrected chi connectivity index (χ3v) is 6.76. The molecule has 0 aliphatic rings. The Labute approximate surface area is 164 Å². The Hall–Kier alpha value is -1.74. The molecule has 0 heterocycles. The van der Waals surface area contributed by atoms with Crippen LogP contribution in [0.15, 0.2) is 60.7 Å². The molecule has 0 aliphatic carbocycles. The van der Waals surface area contributed by atoms with Crippen molar-refractivity contribution in [3.63, 3.8) is 0 Å². The average molecular weight is 387 g/mol. The molecule has 5 heteroatoms. The minimum absolute atomic E-state index is 0.0256. The quantitative estimate of drug-likeness (QED) is 0.345. The van der Waals surface area contributed by atoms with Crippen molar-refractivity contribution in [2.45, 2.75) is 32.7 Å². The highest BCUT2D eigenvalue weighted by atomic mass is 31.1. The van der Waals surface area contributed by atoms with Gasteiger partial charge in [-0.1, -0.05) is 67.6 Å². The number of hydrogen-bond acceptors (Lipinski definition) is 3. The van der Waals surface area contributed by atoms with E-state index in [2.05, 4.69) is 60.8 Å². The van der Waals surface area contributed by atoms with Crippen LogP contribution in [-0.4, -0.2) is 38.1 Å². The van der Waals surface area contributed by atoms with Crippen LogP contribution in [0.2, 0.25) is 0 Å². The van der Waals surface area contributed by atoms with Crippen LogP contribution >= 0.6 is 7.92 Å². The molecule has 146 valence electrons. The number of carbonyl (C=O) groups excluding carboxylic acids is 1. The van der Waals surface area contributed by atoms with Crippen molar-refractivity contribution in [1.29, 1.82) is 0 Å². The molecule has 27 heavy (non-hydrogen) atoms. The van der Waals surface area contributed by atoms with E-state index in [0.29, 0.717) is 19.6 Å². The second-order valence-corrected chi connectivity index (χ2v) is 8.56. The summed E-state index contributed by atoms with van der Waals surface area (Å²) in [7, 11) is -0.541. The smallest absolute Gasteiger partial charge is 0.220 e. The maximum Gasteiger partial charge on any atom is 0.220 e. The van der Waals surface area contributed by atoms with Crippen LogP contribution in [0, 0.1) is 0 Å². The number of benzene rings is 2. The summed E-state index contributed by atoms with van der Waals surface area (Å²) in [6.45, 7) is 5.37. The van der Waals surface area contributed by atoms with E-state index >= 15 is 0 Å². The standard InChI is InChI=1S/C22H30NO3P/c1-3-19(17-26-18-25-4-2)23-22(24)15-16-27(20-11-7-5-8-12-20)21-13-9-6-10-14-21/h5-14,19H,3-4,15-18H2,1-2H3,(H,23,24)/t19-/m1/s1. The third-order valence-electron chi connectivity index (χ3n) is 4.25. The summed E-state index contributed by atoms with van der Waals surface area (Å²) >= 11 is 0.